The van der Waals surface area contributed by atoms with Gasteiger partial charge in [-0.05, 0) is 56.7 Å². The molecule has 2 heterocycles. The van der Waals surface area contributed by atoms with Gasteiger partial charge in [0.25, 0.3) is 0 Å². The number of amides is 1. The summed E-state index contributed by atoms with van der Waals surface area (Å²) in [6, 6.07) is 5.56. The van der Waals surface area contributed by atoms with Crippen LogP contribution >= 0.6 is 23.2 Å². The number of anilines is 1. The number of benzene rings is 1. The van der Waals surface area contributed by atoms with Gasteiger partial charge in [0.1, 0.15) is 0 Å². The maximum atomic E-state index is 12.7. The fourth-order valence-corrected chi connectivity index (χ4v) is 3.93. The summed E-state index contributed by atoms with van der Waals surface area (Å²) in [5, 5.41) is 4.49. The zero-order valence-corrected chi connectivity index (χ0v) is 15.4. The van der Waals surface area contributed by atoms with E-state index in [0.717, 1.165) is 44.6 Å². The lowest BCUT2D eigenvalue weighted by atomic mass is 9.93. The number of hydrogen-bond acceptors (Lipinski definition) is 3. The molecule has 2 aliphatic heterocycles. The SMILES string of the molecule is C[C@H](CC1CCOCC1)N[C@H]1CCN(c2ccc(Cl)c(Cl)c2)C1=O. The summed E-state index contributed by atoms with van der Waals surface area (Å²) >= 11 is 12.0. The van der Waals surface area contributed by atoms with Gasteiger partial charge < -0.3 is 15.0 Å². The van der Waals surface area contributed by atoms with Gasteiger partial charge in [-0.25, -0.2) is 0 Å². The van der Waals surface area contributed by atoms with Crippen molar-refractivity contribution in [2.45, 2.75) is 44.7 Å². The van der Waals surface area contributed by atoms with Crippen molar-refractivity contribution >= 4 is 34.8 Å². The van der Waals surface area contributed by atoms with Crippen LogP contribution in [-0.2, 0) is 9.53 Å². The monoisotopic (exact) mass is 370 g/mol. The summed E-state index contributed by atoms with van der Waals surface area (Å²) in [5.41, 5.74) is 0.816. The Kier molecular flexibility index (Phi) is 6.03. The first kappa shape index (κ1) is 18.0. The predicted molar refractivity (Wildman–Crippen MR) is 98.0 cm³/mol. The average Bonchev–Trinajstić information content (AvgIpc) is 2.92. The van der Waals surface area contributed by atoms with Crippen molar-refractivity contribution in [2.75, 3.05) is 24.7 Å². The second-order valence-electron chi connectivity index (χ2n) is 6.79. The van der Waals surface area contributed by atoms with Gasteiger partial charge in [-0.1, -0.05) is 23.2 Å². The molecule has 2 fully saturated rings. The highest BCUT2D eigenvalue weighted by atomic mass is 35.5. The first-order valence-corrected chi connectivity index (χ1v) is 9.40. The number of rotatable bonds is 5. The maximum Gasteiger partial charge on any atom is 0.244 e. The smallest absolute Gasteiger partial charge is 0.244 e. The molecule has 0 aromatic heterocycles. The predicted octanol–water partition coefficient (Wildman–Crippen LogP) is 3.89. The highest BCUT2D eigenvalue weighted by molar-refractivity contribution is 6.42. The molecule has 1 N–H and O–H groups in total. The molecule has 6 heteroatoms. The lowest BCUT2D eigenvalue weighted by Gasteiger charge is -2.27. The summed E-state index contributed by atoms with van der Waals surface area (Å²) in [7, 11) is 0. The molecule has 2 atom stereocenters. The fourth-order valence-electron chi connectivity index (χ4n) is 3.64. The van der Waals surface area contributed by atoms with E-state index in [1.54, 1.807) is 17.0 Å². The second kappa shape index (κ2) is 8.05. The van der Waals surface area contributed by atoms with Crippen LogP contribution in [-0.4, -0.2) is 37.7 Å². The van der Waals surface area contributed by atoms with E-state index in [9.17, 15) is 4.79 Å². The summed E-state index contributed by atoms with van der Waals surface area (Å²) in [5.74, 6) is 0.816. The standard InChI is InChI=1S/C18H24Cl2N2O2/c1-12(10-13-5-8-24-9-6-13)21-17-4-7-22(18(17)23)14-2-3-15(19)16(20)11-14/h2-3,11-13,17,21H,4-10H2,1H3/t12-,17+/m1/s1. The van der Waals surface area contributed by atoms with Gasteiger partial charge in [-0.15, -0.1) is 0 Å². The molecule has 132 valence electrons. The van der Waals surface area contributed by atoms with E-state index < -0.39 is 0 Å². The van der Waals surface area contributed by atoms with E-state index in [1.165, 1.54) is 0 Å². The van der Waals surface area contributed by atoms with Crippen molar-refractivity contribution in [1.29, 1.82) is 0 Å². The quantitative estimate of drug-likeness (QED) is 0.854. The Hall–Kier alpha value is -0.810. The molecule has 1 amide bonds. The zero-order valence-electron chi connectivity index (χ0n) is 13.9. The minimum atomic E-state index is -0.116. The van der Waals surface area contributed by atoms with Crippen LogP contribution < -0.4 is 10.2 Å². The molecule has 0 saturated carbocycles. The van der Waals surface area contributed by atoms with Gasteiger partial charge in [0, 0.05) is 31.5 Å². The van der Waals surface area contributed by atoms with E-state index in [0.29, 0.717) is 28.5 Å². The maximum absolute atomic E-state index is 12.7. The molecule has 0 radical (unpaired) electrons. The molecule has 0 spiro atoms. The van der Waals surface area contributed by atoms with Crippen molar-refractivity contribution in [3.63, 3.8) is 0 Å². The van der Waals surface area contributed by atoms with Gasteiger partial charge in [0.15, 0.2) is 0 Å². The lowest BCUT2D eigenvalue weighted by molar-refractivity contribution is -0.119. The van der Waals surface area contributed by atoms with Crippen molar-refractivity contribution in [2.24, 2.45) is 5.92 Å². The minimum absolute atomic E-state index is 0.116. The number of carbonyl (C=O) groups excluding carboxylic acids is 1. The summed E-state index contributed by atoms with van der Waals surface area (Å²) in [6.07, 6.45) is 4.16. The molecular weight excluding hydrogens is 347 g/mol. The van der Waals surface area contributed by atoms with Crippen molar-refractivity contribution < 1.29 is 9.53 Å². The molecule has 0 bridgehead atoms. The van der Waals surface area contributed by atoms with Crippen LogP contribution in [0.3, 0.4) is 0 Å². The highest BCUT2D eigenvalue weighted by Gasteiger charge is 2.33. The first-order valence-electron chi connectivity index (χ1n) is 8.65. The van der Waals surface area contributed by atoms with E-state index in [-0.39, 0.29) is 11.9 Å². The molecule has 1 aromatic carbocycles. The minimum Gasteiger partial charge on any atom is -0.381 e. The topological polar surface area (TPSA) is 41.6 Å². The summed E-state index contributed by atoms with van der Waals surface area (Å²) < 4.78 is 5.41. The zero-order chi connectivity index (χ0) is 17.1. The van der Waals surface area contributed by atoms with E-state index in [1.807, 2.05) is 6.07 Å². The Morgan fingerprint density at radius 1 is 1.25 bits per heavy atom. The summed E-state index contributed by atoms with van der Waals surface area (Å²) in [4.78, 5) is 14.5. The second-order valence-corrected chi connectivity index (χ2v) is 7.60. The van der Waals surface area contributed by atoms with Crippen LogP contribution in [0.25, 0.3) is 0 Å². The van der Waals surface area contributed by atoms with Gasteiger partial charge in [0.2, 0.25) is 5.91 Å². The third-order valence-corrected chi connectivity index (χ3v) is 5.67. The Bertz CT molecular complexity index is 590. The average molecular weight is 371 g/mol. The molecule has 1 aromatic rings. The first-order chi connectivity index (χ1) is 11.5. The Morgan fingerprint density at radius 3 is 2.71 bits per heavy atom. The Morgan fingerprint density at radius 2 is 2.00 bits per heavy atom. The molecule has 0 aliphatic carbocycles. The van der Waals surface area contributed by atoms with Crippen LogP contribution in [0.15, 0.2) is 18.2 Å². The highest BCUT2D eigenvalue weighted by Crippen LogP contribution is 2.30. The third-order valence-electron chi connectivity index (χ3n) is 4.93. The van der Waals surface area contributed by atoms with Crippen LogP contribution in [0.2, 0.25) is 10.0 Å². The molecule has 2 aliphatic rings. The van der Waals surface area contributed by atoms with Crippen molar-refractivity contribution in [1.82, 2.24) is 5.32 Å². The lowest BCUT2D eigenvalue weighted by Crippen LogP contribution is -2.43. The number of nitrogens with one attached hydrogen (secondary N) is 1. The molecular formula is C18H24Cl2N2O2. The fraction of sp³-hybridized carbons (Fsp3) is 0.611. The van der Waals surface area contributed by atoms with Gasteiger partial charge >= 0.3 is 0 Å². The molecule has 0 unspecified atom stereocenters. The van der Waals surface area contributed by atoms with Crippen LogP contribution in [0.1, 0.15) is 32.6 Å². The van der Waals surface area contributed by atoms with Gasteiger partial charge in [0.05, 0.1) is 16.1 Å². The Labute approximate surface area is 153 Å². The summed E-state index contributed by atoms with van der Waals surface area (Å²) in [6.45, 7) is 4.61. The van der Waals surface area contributed by atoms with E-state index in [2.05, 4.69) is 12.2 Å². The number of carbonyl (C=O) groups is 1. The van der Waals surface area contributed by atoms with Crippen LogP contribution in [0, 0.1) is 5.92 Å². The molecule has 4 nitrogen and oxygen atoms in total. The van der Waals surface area contributed by atoms with Gasteiger partial charge in [-0.2, -0.15) is 0 Å². The molecule has 2 saturated heterocycles. The molecule has 24 heavy (non-hydrogen) atoms. The van der Waals surface area contributed by atoms with Crippen molar-refractivity contribution in [3.05, 3.63) is 28.2 Å². The normalized spacial score (nSPS) is 23.7. The number of hydrogen-bond donors (Lipinski definition) is 1. The number of nitrogens with zero attached hydrogens (tertiary/aromatic N) is 1. The van der Waals surface area contributed by atoms with E-state index >= 15 is 0 Å². The van der Waals surface area contributed by atoms with Crippen molar-refractivity contribution in [3.8, 4) is 0 Å². The van der Waals surface area contributed by atoms with Crippen LogP contribution in [0.4, 0.5) is 5.69 Å². The molecule has 3 rings (SSSR count). The largest absolute Gasteiger partial charge is 0.381 e. The Balaban J connectivity index is 1.56. The van der Waals surface area contributed by atoms with Crippen LogP contribution in [0.5, 0.6) is 0 Å². The number of ether oxygens (including phenoxy) is 1. The third kappa shape index (κ3) is 4.23. The number of halogens is 2. The van der Waals surface area contributed by atoms with E-state index in [4.69, 9.17) is 27.9 Å². The van der Waals surface area contributed by atoms with Gasteiger partial charge in [-0.3, -0.25) is 4.79 Å².